The number of hydrogen-bond acceptors (Lipinski definition) is 3. The predicted molar refractivity (Wildman–Crippen MR) is 60.9 cm³/mol. The summed E-state index contributed by atoms with van der Waals surface area (Å²) < 4.78 is 27.7. The summed E-state index contributed by atoms with van der Waals surface area (Å²) in [6, 6.07) is 4.92. The second-order valence-corrected chi connectivity index (χ2v) is 4.01. The Bertz CT molecular complexity index is 551. The van der Waals surface area contributed by atoms with E-state index in [-0.39, 0.29) is 0 Å². The summed E-state index contributed by atoms with van der Waals surface area (Å²) in [6.45, 7) is -0.125. The number of fused-ring (bicyclic) bond motifs is 1. The Labute approximate surface area is 96.7 Å². The number of halogens is 2. The first-order valence-corrected chi connectivity index (χ1v) is 5.14. The standard InChI is InChI=1S/C11H13F2N3O/c1-7-15-9-4-8(14)2-3-10(9)16(7)5-11(12,13)6-17/h2-4,17H,5-6,14H2,1H3. The number of aliphatic hydroxyl groups is 1. The molecule has 0 bridgehead atoms. The Hall–Kier alpha value is -1.69. The van der Waals surface area contributed by atoms with Gasteiger partial charge in [-0.2, -0.15) is 0 Å². The number of imidazole rings is 1. The van der Waals surface area contributed by atoms with Gasteiger partial charge in [0, 0.05) is 5.69 Å². The van der Waals surface area contributed by atoms with E-state index in [0.29, 0.717) is 22.5 Å². The largest absolute Gasteiger partial charge is 0.399 e. The molecule has 92 valence electrons. The van der Waals surface area contributed by atoms with Crippen molar-refractivity contribution in [3.8, 4) is 0 Å². The van der Waals surface area contributed by atoms with Crippen LogP contribution in [0.15, 0.2) is 18.2 Å². The van der Waals surface area contributed by atoms with Gasteiger partial charge in [0.1, 0.15) is 12.4 Å². The van der Waals surface area contributed by atoms with Crippen molar-refractivity contribution in [2.24, 2.45) is 0 Å². The van der Waals surface area contributed by atoms with Gasteiger partial charge in [0.25, 0.3) is 5.92 Å². The Morgan fingerprint density at radius 2 is 2.18 bits per heavy atom. The minimum Gasteiger partial charge on any atom is -0.399 e. The van der Waals surface area contributed by atoms with Crippen LogP contribution in [-0.2, 0) is 6.54 Å². The van der Waals surface area contributed by atoms with Crippen LogP contribution < -0.4 is 5.73 Å². The summed E-state index contributed by atoms with van der Waals surface area (Å²) in [5.74, 6) is -2.68. The number of aromatic nitrogens is 2. The molecule has 1 heterocycles. The Morgan fingerprint density at radius 3 is 2.82 bits per heavy atom. The molecule has 4 nitrogen and oxygen atoms in total. The zero-order valence-electron chi connectivity index (χ0n) is 9.32. The predicted octanol–water partition coefficient (Wildman–Crippen LogP) is 1.55. The van der Waals surface area contributed by atoms with Crippen LogP contribution in [0.3, 0.4) is 0 Å². The highest BCUT2D eigenvalue weighted by Crippen LogP contribution is 2.23. The lowest BCUT2D eigenvalue weighted by Gasteiger charge is -2.15. The van der Waals surface area contributed by atoms with Crippen LogP contribution in [0.25, 0.3) is 11.0 Å². The number of hydrogen-bond donors (Lipinski definition) is 2. The van der Waals surface area contributed by atoms with E-state index in [1.54, 1.807) is 25.1 Å². The van der Waals surface area contributed by atoms with Crippen molar-refractivity contribution in [3.05, 3.63) is 24.0 Å². The molecule has 3 N–H and O–H groups in total. The van der Waals surface area contributed by atoms with Crippen molar-refractivity contribution >= 4 is 16.7 Å². The van der Waals surface area contributed by atoms with Crippen molar-refractivity contribution in [3.63, 3.8) is 0 Å². The minimum absolute atomic E-state index is 0.471. The van der Waals surface area contributed by atoms with Gasteiger partial charge in [-0.15, -0.1) is 0 Å². The lowest BCUT2D eigenvalue weighted by atomic mass is 10.2. The number of nitrogens with two attached hydrogens (primary N) is 1. The zero-order valence-corrected chi connectivity index (χ0v) is 9.32. The van der Waals surface area contributed by atoms with Gasteiger partial charge >= 0.3 is 0 Å². The van der Waals surface area contributed by atoms with E-state index in [9.17, 15) is 8.78 Å². The van der Waals surface area contributed by atoms with Crippen LogP contribution in [-0.4, -0.2) is 27.2 Å². The highest BCUT2D eigenvalue weighted by atomic mass is 19.3. The second-order valence-electron chi connectivity index (χ2n) is 4.01. The molecule has 1 aromatic heterocycles. The van der Waals surface area contributed by atoms with E-state index in [1.165, 1.54) is 4.57 Å². The van der Waals surface area contributed by atoms with Crippen LogP contribution in [0, 0.1) is 6.92 Å². The molecule has 1 aromatic carbocycles. The molecule has 0 saturated carbocycles. The molecule has 0 radical (unpaired) electrons. The van der Waals surface area contributed by atoms with Gasteiger partial charge in [-0.3, -0.25) is 0 Å². The molecule has 0 fully saturated rings. The van der Waals surface area contributed by atoms with Crippen LogP contribution >= 0.6 is 0 Å². The van der Waals surface area contributed by atoms with Gasteiger partial charge in [0.2, 0.25) is 0 Å². The first kappa shape index (κ1) is 11.8. The van der Waals surface area contributed by atoms with E-state index in [4.69, 9.17) is 10.8 Å². The third kappa shape index (κ3) is 2.21. The average Bonchev–Trinajstić information content (AvgIpc) is 2.54. The van der Waals surface area contributed by atoms with Gasteiger partial charge in [-0.25, -0.2) is 13.8 Å². The van der Waals surface area contributed by atoms with Crippen molar-refractivity contribution in [2.75, 3.05) is 12.3 Å². The fourth-order valence-electron chi connectivity index (χ4n) is 1.75. The van der Waals surface area contributed by atoms with E-state index < -0.39 is 19.1 Å². The molecule has 6 heteroatoms. The van der Waals surface area contributed by atoms with Gasteiger partial charge in [-0.05, 0) is 25.1 Å². The normalized spacial score (nSPS) is 12.2. The topological polar surface area (TPSA) is 64.1 Å². The Kier molecular flexibility index (Phi) is 2.74. The number of rotatable bonds is 3. The van der Waals surface area contributed by atoms with E-state index in [1.807, 2.05) is 0 Å². The SMILES string of the molecule is Cc1nc2cc(N)ccc2n1CC(F)(F)CO. The summed E-state index contributed by atoms with van der Waals surface area (Å²) in [4.78, 5) is 4.16. The molecule has 0 spiro atoms. The number of anilines is 1. The van der Waals surface area contributed by atoms with E-state index >= 15 is 0 Å². The number of benzene rings is 1. The first-order valence-electron chi connectivity index (χ1n) is 5.14. The second kappa shape index (κ2) is 3.96. The number of aliphatic hydroxyl groups excluding tert-OH is 1. The maximum absolute atomic E-state index is 13.2. The maximum Gasteiger partial charge on any atom is 0.288 e. The molecule has 17 heavy (non-hydrogen) atoms. The van der Waals surface area contributed by atoms with Gasteiger partial charge < -0.3 is 15.4 Å². The molecule has 2 rings (SSSR count). The van der Waals surface area contributed by atoms with Gasteiger partial charge in [-0.1, -0.05) is 0 Å². The zero-order chi connectivity index (χ0) is 12.6. The maximum atomic E-state index is 13.2. The molecule has 2 aromatic rings. The molecule has 0 amide bonds. The Balaban J connectivity index is 2.50. The van der Waals surface area contributed by atoms with E-state index in [0.717, 1.165) is 0 Å². The third-order valence-electron chi connectivity index (χ3n) is 2.58. The Morgan fingerprint density at radius 1 is 1.47 bits per heavy atom. The molecule has 0 unspecified atom stereocenters. The molecule has 0 aliphatic carbocycles. The van der Waals surface area contributed by atoms with Crippen molar-refractivity contribution in [1.82, 2.24) is 9.55 Å². The lowest BCUT2D eigenvalue weighted by molar-refractivity contribution is -0.0624. The van der Waals surface area contributed by atoms with Crippen molar-refractivity contribution in [2.45, 2.75) is 19.4 Å². The van der Waals surface area contributed by atoms with Gasteiger partial charge in [0.15, 0.2) is 0 Å². The summed E-state index contributed by atoms with van der Waals surface area (Å²) in [7, 11) is 0. The van der Waals surface area contributed by atoms with Crippen LogP contribution in [0.2, 0.25) is 0 Å². The van der Waals surface area contributed by atoms with Crippen LogP contribution in [0.4, 0.5) is 14.5 Å². The van der Waals surface area contributed by atoms with Gasteiger partial charge in [0.05, 0.1) is 17.6 Å². The quantitative estimate of drug-likeness (QED) is 0.801. The molecular weight excluding hydrogens is 228 g/mol. The summed E-state index contributed by atoms with van der Waals surface area (Å²) in [6.07, 6.45) is 0. The fourth-order valence-corrected chi connectivity index (χ4v) is 1.75. The highest BCUT2D eigenvalue weighted by molar-refractivity contribution is 5.79. The average molecular weight is 241 g/mol. The summed E-state index contributed by atoms with van der Waals surface area (Å²) in [5, 5.41) is 8.60. The monoisotopic (exact) mass is 241 g/mol. The molecule has 0 aliphatic heterocycles. The number of nitrogens with zero attached hydrogens (tertiary/aromatic N) is 2. The highest BCUT2D eigenvalue weighted by Gasteiger charge is 2.29. The van der Waals surface area contributed by atoms with Crippen molar-refractivity contribution < 1.29 is 13.9 Å². The smallest absolute Gasteiger partial charge is 0.288 e. The summed E-state index contributed by atoms with van der Waals surface area (Å²) >= 11 is 0. The van der Waals surface area contributed by atoms with Crippen molar-refractivity contribution in [1.29, 1.82) is 0 Å². The lowest BCUT2D eigenvalue weighted by Crippen LogP contribution is -2.28. The minimum atomic E-state index is -3.15. The first-order chi connectivity index (χ1) is 7.93. The van der Waals surface area contributed by atoms with E-state index in [2.05, 4.69) is 4.98 Å². The third-order valence-corrected chi connectivity index (χ3v) is 2.58. The number of aryl methyl sites for hydroxylation is 1. The van der Waals surface area contributed by atoms with Crippen LogP contribution in [0.1, 0.15) is 5.82 Å². The number of alkyl halides is 2. The number of nitrogen functional groups attached to an aromatic ring is 1. The summed E-state index contributed by atoms with van der Waals surface area (Å²) in [5.41, 5.74) is 7.30. The molecule has 0 atom stereocenters. The van der Waals surface area contributed by atoms with Crippen LogP contribution in [0.5, 0.6) is 0 Å². The molecular formula is C11H13F2N3O. The molecule has 0 saturated heterocycles. The fraction of sp³-hybridized carbons (Fsp3) is 0.364. The molecule has 0 aliphatic rings.